The van der Waals surface area contributed by atoms with Crippen LogP contribution < -0.4 is 10.5 Å². The van der Waals surface area contributed by atoms with Crippen molar-refractivity contribution in [1.82, 2.24) is 4.98 Å². The molecule has 0 unspecified atom stereocenters. The molecule has 0 fully saturated rings. The Kier molecular flexibility index (Phi) is 2.79. The van der Waals surface area contributed by atoms with E-state index < -0.39 is 5.87 Å². The summed E-state index contributed by atoms with van der Waals surface area (Å²) in [6.45, 7) is 0. The van der Waals surface area contributed by atoms with E-state index in [4.69, 9.17) is 20.7 Å². The van der Waals surface area contributed by atoms with Crippen LogP contribution in [0.15, 0.2) is 16.9 Å². The third-order valence-electron chi connectivity index (χ3n) is 1.17. The van der Waals surface area contributed by atoms with Crippen molar-refractivity contribution in [2.24, 2.45) is 0 Å². The van der Waals surface area contributed by atoms with Gasteiger partial charge in [0, 0.05) is 0 Å². The monoisotopic (exact) mass is 246 g/mol. The van der Waals surface area contributed by atoms with Crippen LogP contribution in [-0.4, -0.2) is 28.9 Å². The summed E-state index contributed by atoms with van der Waals surface area (Å²) >= 11 is 3.10. The van der Waals surface area contributed by atoms with Crippen molar-refractivity contribution in [2.45, 2.75) is 5.87 Å². The Balaban J connectivity index is 2.90. The Hall–Kier alpha value is -0.785. The number of nitrogens with two attached hydrogens (primary N) is 1. The van der Waals surface area contributed by atoms with E-state index in [0.29, 0.717) is 4.60 Å². The Morgan fingerprint density at radius 3 is 2.69 bits per heavy atom. The van der Waals surface area contributed by atoms with Crippen molar-refractivity contribution >= 4 is 29.5 Å². The normalized spacial score (nSPS) is 11.3. The quantitative estimate of drug-likeness (QED) is 0.355. The van der Waals surface area contributed by atoms with Crippen molar-refractivity contribution in [2.75, 3.05) is 5.73 Å². The SMILES string of the molecule is BC(O)(O)Oc1cnc(Br)cc1N. The fourth-order valence-electron chi connectivity index (χ4n) is 0.725. The molecule has 0 saturated heterocycles. The van der Waals surface area contributed by atoms with Crippen LogP contribution in [0.3, 0.4) is 0 Å². The molecule has 0 saturated carbocycles. The lowest BCUT2D eigenvalue weighted by atomic mass is 10.1. The van der Waals surface area contributed by atoms with Gasteiger partial charge in [0.15, 0.2) is 5.75 Å². The molecule has 1 rings (SSSR count). The minimum Gasteiger partial charge on any atom is -0.444 e. The van der Waals surface area contributed by atoms with Gasteiger partial charge >= 0.3 is 0 Å². The summed E-state index contributed by atoms with van der Waals surface area (Å²) in [4.78, 5) is 3.81. The number of hydrogen-bond acceptors (Lipinski definition) is 5. The average Bonchev–Trinajstić information content (AvgIpc) is 1.93. The van der Waals surface area contributed by atoms with Crippen molar-refractivity contribution in [3.8, 4) is 5.75 Å². The first-order valence-corrected chi connectivity index (χ1v) is 4.22. The Labute approximate surface area is 84.1 Å². The maximum absolute atomic E-state index is 8.90. The second-order valence-corrected chi connectivity index (χ2v) is 3.39. The van der Waals surface area contributed by atoms with Gasteiger partial charge in [-0.25, -0.2) is 4.98 Å². The van der Waals surface area contributed by atoms with Gasteiger partial charge in [-0.3, -0.25) is 0 Å². The number of aliphatic hydroxyl groups is 2. The molecule has 5 nitrogen and oxygen atoms in total. The smallest absolute Gasteiger partial charge is 0.266 e. The van der Waals surface area contributed by atoms with Crippen LogP contribution in [0.4, 0.5) is 5.69 Å². The van der Waals surface area contributed by atoms with E-state index in [1.807, 2.05) is 0 Å². The molecule has 0 spiro atoms. The first-order chi connectivity index (χ1) is 5.88. The lowest BCUT2D eigenvalue weighted by molar-refractivity contribution is -0.223. The second kappa shape index (κ2) is 3.53. The number of aromatic nitrogens is 1. The molecular weight excluding hydrogens is 239 g/mol. The Morgan fingerprint density at radius 2 is 2.23 bits per heavy atom. The number of ether oxygens (including phenoxy) is 1. The van der Waals surface area contributed by atoms with E-state index in [1.165, 1.54) is 12.3 Å². The Morgan fingerprint density at radius 1 is 1.62 bits per heavy atom. The van der Waals surface area contributed by atoms with Crippen molar-refractivity contribution in [3.05, 3.63) is 16.9 Å². The van der Waals surface area contributed by atoms with E-state index in [9.17, 15) is 0 Å². The fourth-order valence-corrected chi connectivity index (χ4v) is 1.07. The summed E-state index contributed by atoms with van der Waals surface area (Å²) in [7, 11) is 1.08. The summed E-state index contributed by atoms with van der Waals surface area (Å²) in [5, 5.41) is 17.8. The van der Waals surface area contributed by atoms with E-state index in [0.717, 1.165) is 7.85 Å². The van der Waals surface area contributed by atoms with E-state index in [2.05, 4.69) is 20.9 Å². The zero-order valence-electron chi connectivity index (χ0n) is 6.86. The van der Waals surface area contributed by atoms with Crippen LogP contribution in [0.5, 0.6) is 5.75 Å². The maximum atomic E-state index is 8.90. The topological polar surface area (TPSA) is 88.6 Å². The van der Waals surface area contributed by atoms with Crippen LogP contribution in [0.1, 0.15) is 0 Å². The van der Waals surface area contributed by atoms with Gasteiger partial charge in [-0.15, -0.1) is 0 Å². The maximum Gasteiger partial charge on any atom is 0.266 e. The predicted molar refractivity (Wildman–Crippen MR) is 52.7 cm³/mol. The number of rotatable bonds is 2. The van der Waals surface area contributed by atoms with Gasteiger partial charge < -0.3 is 20.7 Å². The summed E-state index contributed by atoms with van der Waals surface area (Å²) in [6, 6.07) is 1.50. The number of nitrogen functional groups attached to an aromatic ring is 1. The molecule has 0 radical (unpaired) electrons. The fraction of sp³-hybridized carbons (Fsp3) is 0.167. The molecule has 70 valence electrons. The van der Waals surface area contributed by atoms with Gasteiger partial charge in [0.1, 0.15) is 4.60 Å². The van der Waals surface area contributed by atoms with Crippen LogP contribution in [-0.2, 0) is 0 Å². The molecule has 0 amide bonds. The zero-order chi connectivity index (χ0) is 10.1. The molecule has 0 atom stereocenters. The molecule has 7 heteroatoms. The largest absolute Gasteiger partial charge is 0.444 e. The summed E-state index contributed by atoms with van der Waals surface area (Å²) in [5.41, 5.74) is 5.79. The molecular formula is C6H8BBrN2O3. The summed E-state index contributed by atoms with van der Waals surface area (Å²) in [6.07, 6.45) is 1.30. The third kappa shape index (κ3) is 3.21. The highest BCUT2D eigenvalue weighted by molar-refractivity contribution is 9.10. The molecule has 4 N–H and O–H groups in total. The number of halogens is 1. The summed E-state index contributed by atoms with van der Waals surface area (Å²) in [5.74, 6) is -2.13. The van der Waals surface area contributed by atoms with E-state index in [-0.39, 0.29) is 11.4 Å². The van der Waals surface area contributed by atoms with E-state index in [1.54, 1.807) is 0 Å². The molecule has 0 aliphatic carbocycles. The highest BCUT2D eigenvalue weighted by Gasteiger charge is 2.18. The molecule has 13 heavy (non-hydrogen) atoms. The molecule has 0 aromatic carbocycles. The molecule has 0 aliphatic heterocycles. The lowest BCUT2D eigenvalue weighted by Gasteiger charge is -2.19. The number of anilines is 1. The zero-order valence-corrected chi connectivity index (χ0v) is 8.45. The molecule has 1 aromatic rings. The van der Waals surface area contributed by atoms with Crippen LogP contribution >= 0.6 is 15.9 Å². The number of pyridine rings is 1. The number of nitrogens with zero attached hydrogens (tertiary/aromatic N) is 1. The van der Waals surface area contributed by atoms with Crippen LogP contribution in [0.25, 0.3) is 0 Å². The minimum absolute atomic E-state index is 0.121. The van der Waals surface area contributed by atoms with Crippen LogP contribution in [0, 0.1) is 0 Å². The third-order valence-corrected chi connectivity index (χ3v) is 1.60. The van der Waals surface area contributed by atoms with Gasteiger partial charge in [-0.1, -0.05) is 0 Å². The molecule has 0 bridgehead atoms. The highest BCUT2D eigenvalue weighted by Crippen LogP contribution is 2.24. The standard InChI is InChI=1S/C6H8BBrN2O3/c7-6(11,12)13-4-2-10-5(8)1-3(4)9/h1-2,11-12H,7H2,(H2,9,10). The second-order valence-electron chi connectivity index (χ2n) is 2.58. The molecule has 1 aromatic heterocycles. The minimum atomic E-state index is -2.25. The van der Waals surface area contributed by atoms with Gasteiger partial charge in [-0.2, -0.15) is 0 Å². The number of hydrogen-bond donors (Lipinski definition) is 3. The average molecular weight is 247 g/mol. The lowest BCUT2D eigenvalue weighted by Crippen LogP contribution is -2.35. The Bertz CT molecular complexity index is 315. The predicted octanol–water partition coefficient (Wildman–Crippen LogP) is -0.966. The van der Waals surface area contributed by atoms with Crippen molar-refractivity contribution in [1.29, 1.82) is 0 Å². The first kappa shape index (κ1) is 10.3. The molecule has 1 heterocycles. The highest BCUT2D eigenvalue weighted by atomic mass is 79.9. The van der Waals surface area contributed by atoms with Crippen molar-refractivity contribution in [3.63, 3.8) is 0 Å². The van der Waals surface area contributed by atoms with E-state index >= 15 is 0 Å². The first-order valence-electron chi connectivity index (χ1n) is 3.43. The van der Waals surface area contributed by atoms with Crippen molar-refractivity contribution < 1.29 is 14.9 Å². The molecule has 0 aliphatic rings. The summed E-state index contributed by atoms with van der Waals surface area (Å²) < 4.78 is 5.24. The van der Waals surface area contributed by atoms with Gasteiger partial charge in [0.25, 0.3) is 5.87 Å². The van der Waals surface area contributed by atoms with Gasteiger partial charge in [-0.05, 0) is 22.0 Å². The van der Waals surface area contributed by atoms with Crippen LogP contribution in [0.2, 0.25) is 0 Å². The van der Waals surface area contributed by atoms with Gasteiger partial charge in [0.05, 0.1) is 11.9 Å². The van der Waals surface area contributed by atoms with Gasteiger partial charge in [0.2, 0.25) is 7.85 Å².